The predicted molar refractivity (Wildman–Crippen MR) is 58.0 cm³/mol. The highest BCUT2D eigenvalue weighted by atomic mass is 16.4. The molecule has 0 fully saturated rings. The Kier molecular flexibility index (Phi) is 3.09. The number of pyridine rings is 1. The summed E-state index contributed by atoms with van der Waals surface area (Å²) in [6, 6.07) is 2.22. The number of carboxylic acids is 1. The topological polar surface area (TPSA) is 146 Å². The Morgan fingerprint density at radius 1 is 1.33 bits per heavy atom. The first-order valence-electron chi connectivity index (χ1n) is 4.67. The maximum absolute atomic E-state index is 11.5. The first kappa shape index (κ1) is 11.4. The van der Waals surface area contributed by atoms with Crippen molar-refractivity contribution in [3.8, 4) is 0 Å². The number of carbonyl (C=O) groups excluding carboxylic acids is 1. The highest BCUT2D eigenvalue weighted by molar-refractivity contribution is 6.03. The number of aromatic carboxylic acids is 1. The maximum atomic E-state index is 11.5. The minimum Gasteiger partial charge on any atom is -0.476 e. The zero-order chi connectivity index (χ0) is 13.0. The summed E-state index contributed by atoms with van der Waals surface area (Å²) >= 11 is 0. The van der Waals surface area contributed by atoms with E-state index in [4.69, 9.17) is 5.11 Å². The van der Waals surface area contributed by atoms with Crippen LogP contribution in [0.25, 0.3) is 0 Å². The van der Waals surface area contributed by atoms with Gasteiger partial charge < -0.3 is 10.4 Å². The molecule has 0 unspecified atom stereocenters. The summed E-state index contributed by atoms with van der Waals surface area (Å²) in [6.07, 6.45) is 1.31. The van der Waals surface area contributed by atoms with Crippen LogP contribution < -0.4 is 10.6 Å². The second kappa shape index (κ2) is 4.86. The Bertz CT molecular complexity index is 568. The first-order chi connectivity index (χ1) is 8.66. The number of anilines is 2. The molecule has 0 aliphatic carbocycles. The van der Waals surface area contributed by atoms with E-state index in [0.29, 0.717) is 0 Å². The van der Waals surface area contributed by atoms with Crippen LogP contribution in [0.3, 0.4) is 0 Å². The van der Waals surface area contributed by atoms with Crippen LogP contribution in [0.1, 0.15) is 10.5 Å². The normalized spacial score (nSPS) is 9.78. The van der Waals surface area contributed by atoms with Crippen LogP contribution in [0, 0.1) is 0 Å². The van der Waals surface area contributed by atoms with E-state index in [-0.39, 0.29) is 17.3 Å². The van der Waals surface area contributed by atoms with Gasteiger partial charge in [0.15, 0.2) is 5.69 Å². The number of urea groups is 1. The van der Waals surface area contributed by atoms with Crippen molar-refractivity contribution in [2.75, 3.05) is 10.6 Å². The molecule has 10 nitrogen and oxygen atoms in total. The van der Waals surface area contributed by atoms with Gasteiger partial charge in [0.25, 0.3) is 0 Å². The lowest BCUT2D eigenvalue weighted by molar-refractivity contribution is 0.0692. The van der Waals surface area contributed by atoms with Gasteiger partial charge in [-0.3, -0.25) is 5.32 Å². The number of aromatic amines is 1. The summed E-state index contributed by atoms with van der Waals surface area (Å²) in [4.78, 5) is 26.0. The average molecular weight is 249 g/mol. The van der Waals surface area contributed by atoms with Gasteiger partial charge in [-0.05, 0) is 22.6 Å². The Morgan fingerprint density at radius 3 is 2.83 bits per heavy atom. The Labute approximate surface area is 99.4 Å². The largest absolute Gasteiger partial charge is 0.476 e. The second-order valence-corrected chi connectivity index (χ2v) is 3.03. The third-order valence-electron chi connectivity index (χ3n) is 1.84. The molecule has 0 aliphatic heterocycles. The molecule has 92 valence electrons. The summed E-state index contributed by atoms with van der Waals surface area (Å²) in [5.74, 6) is -1.21. The summed E-state index contributed by atoms with van der Waals surface area (Å²) in [7, 11) is 0. The van der Waals surface area contributed by atoms with Gasteiger partial charge in [-0.15, -0.1) is 0 Å². The molecule has 10 heteroatoms. The van der Waals surface area contributed by atoms with Gasteiger partial charge in [-0.1, -0.05) is 5.10 Å². The van der Waals surface area contributed by atoms with Gasteiger partial charge in [0.1, 0.15) is 0 Å². The lowest BCUT2D eigenvalue weighted by Crippen LogP contribution is -2.22. The Balaban J connectivity index is 2.09. The number of carbonyl (C=O) groups is 2. The molecular weight excluding hydrogens is 242 g/mol. The second-order valence-electron chi connectivity index (χ2n) is 3.03. The van der Waals surface area contributed by atoms with Crippen LogP contribution in [-0.4, -0.2) is 42.7 Å². The van der Waals surface area contributed by atoms with E-state index >= 15 is 0 Å². The SMILES string of the molecule is O=C(Nc1nnn[nH]1)Nc1cccnc1C(=O)O. The van der Waals surface area contributed by atoms with Crippen molar-refractivity contribution >= 4 is 23.6 Å². The van der Waals surface area contributed by atoms with Crippen LogP contribution in [0.15, 0.2) is 18.3 Å². The van der Waals surface area contributed by atoms with Crippen molar-refractivity contribution in [3.63, 3.8) is 0 Å². The highest BCUT2D eigenvalue weighted by Gasteiger charge is 2.13. The van der Waals surface area contributed by atoms with E-state index < -0.39 is 12.0 Å². The van der Waals surface area contributed by atoms with Crippen LogP contribution in [-0.2, 0) is 0 Å². The molecule has 2 heterocycles. The Hall–Kier alpha value is -3.04. The van der Waals surface area contributed by atoms with Crippen molar-refractivity contribution in [3.05, 3.63) is 24.0 Å². The zero-order valence-electron chi connectivity index (χ0n) is 8.78. The molecule has 0 saturated carbocycles. The van der Waals surface area contributed by atoms with Crippen LogP contribution in [0.4, 0.5) is 16.4 Å². The fraction of sp³-hybridized carbons (Fsp3) is 0. The van der Waals surface area contributed by atoms with Gasteiger partial charge in [-0.25, -0.2) is 19.7 Å². The van der Waals surface area contributed by atoms with E-state index in [1.54, 1.807) is 0 Å². The molecule has 0 spiro atoms. The van der Waals surface area contributed by atoms with E-state index in [9.17, 15) is 9.59 Å². The minimum atomic E-state index is -1.24. The molecule has 0 bridgehead atoms. The summed E-state index contributed by atoms with van der Waals surface area (Å²) in [5, 5.41) is 25.7. The van der Waals surface area contributed by atoms with Crippen LogP contribution >= 0.6 is 0 Å². The molecule has 0 aliphatic rings. The van der Waals surface area contributed by atoms with Crippen LogP contribution in [0.5, 0.6) is 0 Å². The number of H-pyrrole nitrogens is 1. The zero-order valence-corrected chi connectivity index (χ0v) is 8.78. The molecule has 2 amide bonds. The number of nitrogens with zero attached hydrogens (tertiary/aromatic N) is 4. The van der Waals surface area contributed by atoms with E-state index in [2.05, 4.69) is 36.2 Å². The molecular formula is C8H7N7O3. The molecule has 0 atom stereocenters. The standard InChI is InChI=1S/C8H7N7O3/c16-6(17)5-4(2-1-3-9-5)10-8(18)11-7-12-14-15-13-7/h1-3H,(H,16,17)(H3,10,11,12,13,14,15,18). The lowest BCUT2D eigenvalue weighted by Gasteiger charge is -2.06. The number of hydrogen-bond acceptors (Lipinski definition) is 6. The van der Waals surface area contributed by atoms with Crippen molar-refractivity contribution in [2.24, 2.45) is 0 Å². The number of amides is 2. The van der Waals surface area contributed by atoms with Crippen molar-refractivity contribution < 1.29 is 14.7 Å². The lowest BCUT2D eigenvalue weighted by atomic mass is 10.3. The molecule has 2 rings (SSSR count). The monoisotopic (exact) mass is 249 g/mol. The number of rotatable bonds is 3. The third kappa shape index (κ3) is 2.55. The highest BCUT2D eigenvalue weighted by Crippen LogP contribution is 2.12. The number of tetrazole rings is 1. The van der Waals surface area contributed by atoms with Gasteiger partial charge >= 0.3 is 12.0 Å². The third-order valence-corrected chi connectivity index (χ3v) is 1.84. The number of aromatic nitrogens is 5. The smallest absolute Gasteiger partial charge is 0.356 e. The fourth-order valence-electron chi connectivity index (χ4n) is 1.15. The van der Waals surface area contributed by atoms with Gasteiger partial charge in [0.05, 0.1) is 5.69 Å². The van der Waals surface area contributed by atoms with E-state index in [1.807, 2.05) is 0 Å². The quantitative estimate of drug-likeness (QED) is 0.595. The molecule has 0 saturated heterocycles. The number of nitrogens with one attached hydrogen (secondary N) is 3. The molecule has 0 aromatic carbocycles. The van der Waals surface area contributed by atoms with Crippen molar-refractivity contribution in [1.29, 1.82) is 0 Å². The maximum Gasteiger partial charge on any atom is 0.356 e. The predicted octanol–water partition coefficient (Wildman–Crippen LogP) is -0.0631. The van der Waals surface area contributed by atoms with E-state index in [0.717, 1.165) is 0 Å². The van der Waals surface area contributed by atoms with Gasteiger partial charge in [0, 0.05) is 6.20 Å². The van der Waals surface area contributed by atoms with Crippen molar-refractivity contribution in [1.82, 2.24) is 25.6 Å². The molecule has 18 heavy (non-hydrogen) atoms. The average Bonchev–Trinajstić information content (AvgIpc) is 2.82. The molecule has 4 N–H and O–H groups in total. The van der Waals surface area contributed by atoms with Crippen molar-refractivity contribution in [2.45, 2.75) is 0 Å². The number of carboxylic acid groups (broad SMARTS) is 1. The number of hydrogen-bond donors (Lipinski definition) is 4. The van der Waals surface area contributed by atoms with E-state index in [1.165, 1.54) is 18.3 Å². The van der Waals surface area contributed by atoms with Gasteiger partial charge in [-0.2, -0.15) is 0 Å². The Morgan fingerprint density at radius 2 is 2.17 bits per heavy atom. The molecule has 0 radical (unpaired) electrons. The van der Waals surface area contributed by atoms with Gasteiger partial charge in [0.2, 0.25) is 5.95 Å². The summed E-state index contributed by atoms with van der Waals surface area (Å²) in [6.45, 7) is 0. The minimum absolute atomic E-state index is 0.0354. The summed E-state index contributed by atoms with van der Waals surface area (Å²) in [5.41, 5.74) is -0.196. The first-order valence-corrected chi connectivity index (χ1v) is 4.67. The van der Waals surface area contributed by atoms with Crippen LogP contribution in [0.2, 0.25) is 0 Å². The fourth-order valence-corrected chi connectivity index (χ4v) is 1.15. The summed E-state index contributed by atoms with van der Waals surface area (Å²) < 4.78 is 0. The molecule has 2 aromatic heterocycles. The molecule has 2 aromatic rings.